The van der Waals surface area contributed by atoms with E-state index in [2.05, 4.69) is 24.9 Å². The Kier molecular flexibility index (Phi) is 8.92. The van der Waals surface area contributed by atoms with Crippen molar-refractivity contribution in [3.63, 3.8) is 0 Å². The summed E-state index contributed by atoms with van der Waals surface area (Å²) in [6.45, 7) is 5.12. The quantitative estimate of drug-likeness (QED) is 0.697. The van der Waals surface area contributed by atoms with Crippen LogP contribution in [0.1, 0.15) is 44.6 Å². The van der Waals surface area contributed by atoms with E-state index < -0.39 is 0 Å². The number of hydrogen-bond donors (Lipinski definition) is 1. The molecule has 0 heterocycles. The van der Waals surface area contributed by atoms with Crippen LogP contribution in [-0.2, 0) is 6.54 Å². The van der Waals surface area contributed by atoms with E-state index in [1.807, 2.05) is 18.2 Å². The predicted octanol–water partition coefficient (Wildman–Crippen LogP) is 4.32. The Bertz CT molecular complexity index is 362. The molecule has 0 saturated carbocycles. The van der Waals surface area contributed by atoms with Crippen LogP contribution in [0.4, 0.5) is 0 Å². The summed E-state index contributed by atoms with van der Waals surface area (Å²) in [7, 11) is 2.17. The van der Waals surface area contributed by atoms with Crippen molar-refractivity contribution in [2.45, 2.75) is 45.6 Å². The van der Waals surface area contributed by atoms with Crippen LogP contribution < -0.4 is 5.73 Å². The van der Waals surface area contributed by atoms with Crippen LogP contribution in [0.15, 0.2) is 24.3 Å². The molecule has 1 aromatic rings. The summed E-state index contributed by atoms with van der Waals surface area (Å²) >= 11 is 6.19. The minimum absolute atomic E-state index is 0.804. The van der Waals surface area contributed by atoms with Crippen LogP contribution in [0.25, 0.3) is 0 Å². The molecule has 2 nitrogen and oxygen atoms in total. The highest BCUT2D eigenvalue weighted by atomic mass is 35.5. The maximum atomic E-state index is 6.19. The zero-order valence-electron chi connectivity index (χ0n) is 12.9. The summed E-state index contributed by atoms with van der Waals surface area (Å²) in [6, 6.07) is 8.10. The fraction of sp³-hybridized carbons (Fsp3) is 0.647. The Hall–Kier alpha value is -0.570. The van der Waals surface area contributed by atoms with Gasteiger partial charge in [-0.3, -0.25) is 0 Å². The molecule has 1 unspecified atom stereocenters. The van der Waals surface area contributed by atoms with Crippen molar-refractivity contribution < 1.29 is 0 Å². The third kappa shape index (κ3) is 6.74. The predicted molar refractivity (Wildman–Crippen MR) is 89.1 cm³/mol. The zero-order chi connectivity index (χ0) is 14.8. The summed E-state index contributed by atoms with van der Waals surface area (Å²) < 4.78 is 0. The molecule has 0 saturated heterocycles. The molecule has 1 atom stereocenters. The molecule has 20 heavy (non-hydrogen) atoms. The van der Waals surface area contributed by atoms with Gasteiger partial charge in [-0.2, -0.15) is 0 Å². The van der Waals surface area contributed by atoms with Crippen molar-refractivity contribution in [1.29, 1.82) is 0 Å². The number of nitrogens with zero attached hydrogens (tertiary/aromatic N) is 1. The number of halogens is 1. The first-order valence-electron chi connectivity index (χ1n) is 7.79. The first-order chi connectivity index (χ1) is 9.67. The molecular weight excluding hydrogens is 268 g/mol. The van der Waals surface area contributed by atoms with Gasteiger partial charge in [0.1, 0.15) is 0 Å². The SMILES string of the molecule is CCCC(CCN)CCCN(C)Cc1ccccc1Cl. The summed E-state index contributed by atoms with van der Waals surface area (Å²) in [5, 5.41) is 0.867. The molecule has 0 bridgehead atoms. The van der Waals surface area contributed by atoms with Gasteiger partial charge in [-0.05, 0) is 56.9 Å². The van der Waals surface area contributed by atoms with E-state index in [1.165, 1.54) is 37.7 Å². The van der Waals surface area contributed by atoms with Crippen molar-refractivity contribution in [3.05, 3.63) is 34.9 Å². The van der Waals surface area contributed by atoms with Gasteiger partial charge in [0, 0.05) is 11.6 Å². The van der Waals surface area contributed by atoms with Gasteiger partial charge in [0.2, 0.25) is 0 Å². The van der Waals surface area contributed by atoms with E-state index in [0.717, 1.165) is 30.6 Å². The maximum Gasteiger partial charge on any atom is 0.0451 e. The standard InChI is InChI=1S/C17H29ClN2/c1-3-7-15(11-12-19)8-6-13-20(2)14-16-9-4-5-10-17(16)18/h4-5,9-10,15H,3,6-8,11-14,19H2,1-2H3. The number of hydrogen-bond acceptors (Lipinski definition) is 2. The zero-order valence-corrected chi connectivity index (χ0v) is 13.7. The monoisotopic (exact) mass is 296 g/mol. The number of rotatable bonds is 10. The maximum absolute atomic E-state index is 6.19. The fourth-order valence-corrected chi connectivity index (χ4v) is 2.92. The van der Waals surface area contributed by atoms with Gasteiger partial charge in [0.15, 0.2) is 0 Å². The van der Waals surface area contributed by atoms with Gasteiger partial charge in [-0.1, -0.05) is 49.6 Å². The van der Waals surface area contributed by atoms with Crippen LogP contribution in [0.5, 0.6) is 0 Å². The summed E-state index contributed by atoms with van der Waals surface area (Å²) in [4.78, 5) is 2.35. The average molecular weight is 297 g/mol. The molecule has 0 amide bonds. The lowest BCUT2D eigenvalue weighted by atomic mass is 9.94. The van der Waals surface area contributed by atoms with Crippen molar-refractivity contribution in [2.24, 2.45) is 11.7 Å². The number of nitrogens with two attached hydrogens (primary N) is 1. The fourth-order valence-electron chi connectivity index (χ4n) is 2.72. The minimum Gasteiger partial charge on any atom is -0.330 e. The number of benzene rings is 1. The molecule has 0 aromatic heterocycles. The Labute approximate surface area is 129 Å². The highest BCUT2D eigenvalue weighted by Gasteiger charge is 2.08. The van der Waals surface area contributed by atoms with Crippen LogP contribution >= 0.6 is 11.6 Å². The topological polar surface area (TPSA) is 29.3 Å². The molecule has 0 aliphatic carbocycles. The molecule has 1 aromatic carbocycles. The minimum atomic E-state index is 0.804. The molecular formula is C17H29ClN2. The molecule has 0 aliphatic rings. The molecule has 0 fully saturated rings. The second kappa shape index (κ2) is 10.2. The Morgan fingerprint density at radius 2 is 1.95 bits per heavy atom. The second-order valence-corrected chi connectivity index (χ2v) is 6.11. The van der Waals surface area contributed by atoms with Crippen molar-refractivity contribution in [3.8, 4) is 0 Å². The lowest BCUT2D eigenvalue weighted by Crippen LogP contribution is -2.20. The second-order valence-electron chi connectivity index (χ2n) is 5.70. The van der Waals surface area contributed by atoms with Gasteiger partial charge >= 0.3 is 0 Å². The average Bonchev–Trinajstić information content (AvgIpc) is 2.42. The van der Waals surface area contributed by atoms with Gasteiger partial charge in [0.25, 0.3) is 0 Å². The van der Waals surface area contributed by atoms with E-state index in [-0.39, 0.29) is 0 Å². The molecule has 3 heteroatoms. The van der Waals surface area contributed by atoms with Crippen LogP contribution in [-0.4, -0.2) is 25.0 Å². The van der Waals surface area contributed by atoms with Gasteiger partial charge in [0.05, 0.1) is 0 Å². The van der Waals surface area contributed by atoms with Gasteiger partial charge < -0.3 is 10.6 Å². The first kappa shape index (κ1) is 17.5. The molecule has 0 aliphatic heterocycles. The summed E-state index contributed by atoms with van der Waals surface area (Å²) in [5.74, 6) is 0.804. The Balaban J connectivity index is 2.29. The Morgan fingerprint density at radius 3 is 2.60 bits per heavy atom. The van der Waals surface area contributed by atoms with Crippen LogP contribution in [0, 0.1) is 5.92 Å². The van der Waals surface area contributed by atoms with E-state index in [4.69, 9.17) is 17.3 Å². The van der Waals surface area contributed by atoms with Crippen molar-refractivity contribution in [1.82, 2.24) is 4.90 Å². The highest BCUT2D eigenvalue weighted by molar-refractivity contribution is 6.31. The van der Waals surface area contributed by atoms with E-state index in [1.54, 1.807) is 0 Å². The third-order valence-corrected chi connectivity index (χ3v) is 4.19. The van der Waals surface area contributed by atoms with Gasteiger partial charge in [-0.15, -0.1) is 0 Å². The Morgan fingerprint density at radius 1 is 1.20 bits per heavy atom. The smallest absolute Gasteiger partial charge is 0.0451 e. The van der Waals surface area contributed by atoms with E-state index in [0.29, 0.717) is 0 Å². The van der Waals surface area contributed by atoms with Crippen LogP contribution in [0.2, 0.25) is 5.02 Å². The summed E-state index contributed by atoms with van der Waals surface area (Å²) in [5.41, 5.74) is 6.90. The third-order valence-electron chi connectivity index (χ3n) is 3.82. The van der Waals surface area contributed by atoms with Gasteiger partial charge in [-0.25, -0.2) is 0 Å². The van der Waals surface area contributed by atoms with Crippen LogP contribution in [0.3, 0.4) is 0 Å². The largest absolute Gasteiger partial charge is 0.330 e. The van der Waals surface area contributed by atoms with Crippen molar-refractivity contribution in [2.75, 3.05) is 20.1 Å². The highest BCUT2D eigenvalue weighted by Crippen LogP contribution is 2.19. The molecule has 114 valence electrons. The van der Waals surface area contributed by atoms with Crippen molar-refractivity contribution >= 4 is 11.6 Å². The van der Waals surface area contributed by atoms with E-state index >= 15 is 0 Å². The molecule has 1 rings (SSSR count). The molecule has 0 spiro atoms. The molecule has 0 radical (unpaired) electrons. The summed E-state index contributed by atoms with van der Waals surface area (Å²) in [6.07, 6.45) is 6.27. The van der Waals surface area contributed by atoms with E-state index in [9.17, 15) is 0 Å². The lowest BCUT2D eigenvalue weighted by molar-refractivity contribution is 0.298. The first-order valence-corrected chi connectivity index (χ1v) is 8.17. The normalized spacial score (nSPS) is 12.8. The lowest BCUT2D eigenvalue weighted by Gasteiger charge is -2.20. The molecule has 2 N–H and O–H groups in total.